The van der Waals surface area contributed by atoms with Crippen LogP contribution in [0.2, 0.25) is 0 Å². The molecule has 0 aliphatic carbocycles. The lowest BCUT2D eigenvalue weighted by molar-refractivity contribution is 0.584. The Kier molecular flexibility index (Phi) is 4.34. The first-order valence-corrected chi connectivity index (χ1v) is 8.54. The summed E-state index contributed by atoms with van der Waals surface area (Å²) in [4.78, 5) is 7.85. The number of halogens is 1. The van der Waals surface area contributed by atoms with Gasteiger partial charge in [-0.25, -0.2) is 4.98 Å². The second-order valence-electron chi connectivity index (χ2n) is 6.27. The van der Waals surface area contributed by atoms with E-state index in [4.69, 9.17) is 5.41 Å². The minimum Gasteiger partial charge on any atom is -0.353 e. The van der Waals surface area contributed by atoms with Crippen molar-refractivity contribution in [3.05, 3.63) is 95.8 Å². The van der Waals surface area contributed by atoms with Crippen LogP contribution in [-0.4, -0.2) is 15.7 Å². The molecule has 0 bridgehead atoms. The number of nitrogens with one attached hydrogen (secondary N) is 2. The molecule has 0 fully saturated rings. The number of anilines is 2. The van der Waals surface area contributed by atoms with Crippen molar-refractivity contribution in [1.82, 2.24) is 9.97 Å². The van der Waals surface area contributed by atoms with Gasteiger partial charge in [-0.3, -0.25) is 10.4 Å². The first kappa shape index (κ1) is 16.8. The van der Waals surface area contributed by atoms with E-state index < -0.39 is 5.95 Å². The minimum absolute atomic E-state index is 0.410. The van der Waals surface area contributed by atoms with E-state index in [1.54, 1.807) is 18.5 Å². The van der Waals surface area contributed by atoms with E-state index >= 15 is 0 Å². The van der Waals surface area contributed by atoms with Crippen molar-refractivity contribution in [3.63, 3.8) is 0 Å². The summed E-state index contributed by atoms with van der Waals surface area (Å²) in [7, 11) is 0. The number of nitrogens with zero attached hydrogens (tertiary/aromatic N) is 2. The van der Waals surface area contributed by atoms with E-state index in [0.717, 1.165) is 33.2 Å². The first-order valence-electron chi connectivity index (χ1n) is 8.54. The number of aromatic nitrogens is 2. The molecule has 0 aliphatic heterocycles. The second kappa shape index (κ2) is 6.96. The molecular weight excluding hydrogens is 339 g/mol. The highest BCUT2D eigenvalue weighted by Gasteiger charge is 2.14. The SMILES string of the molecule is Cc1cccc(C(=N)c2cccc3cnccc23)c1Nc1ccc(F)nc1. The zero-order chi connectivity index (χ0) is 18.8. The van der Waals surface area contributed by atoms with Gasteiger partial charge in [-0.15, -0.1) is 0 Å². The molecule has 132 valence electrons. The Morgan fingerprint density at radius 1 is 0.963 bits per heavy atom. The molecule has 4 rings (SSSR count). The molecule has 0 radical (unpaired) electrons. The second-order valence-corrected chi connectivity index (χ2v) is 6.27. The van der Waals surface area contributed by atoms with Gasteiger partial charge >= 0.3 is 0 Å². The summed E-state index contributed by atoms with van der Waals surface area (Å²) < 4.78 is 13.1. The maximum absolute atomic E-state index is 13.1. The third-order valence-corrected chi connectivity index (χ3v) is 4.49. The van der Waals surface area contributed by atoms with Gasteiger partial charge in [-0.2, -0.15) is 4.39 Å². The van der Waals surface area contributed by atoms with Gasteiger partial charge in [0, 0.05) is 28.9 Å². The third kappa shape index (κ3) is 3.27. The Morgan fingerprint density at radius 3 is 2.59 bits per heavy atom. The van der Waals surface area contributed by atoms with Crippen LogP contribution in [0, 0.1) is 18.3 Å². The Balaban J connectivity index is 1.80. The molecule has 0 atom stereocenters. The summed E-state index contributed by atoms with van der Waals surface area (Å²) in [5, 5.41) is 14.1. The highest BCUT2D eigenvalue weighted by Crippen LogP contribution is 2.29. The van der Waals surface area contributed by atoms with Gasteiger partial charge in [0.25, 0.3) is 0 Å². The number of hydrogen-bond donors (Lipinski definition) is 2. The standard InChI is InChI=1S/C22H17FN4/c1-14-4-2-7-19(22(14)27-16-8-9-20(23)26-13-16)21(24)18-6-3-5-15-12-25-11-10-17(15)18/h2-13,24,27H,1H3. The molecule has 0 unspecified atom stereocenters. The van der Waals surface area contributed by atoms with Gasteiger partial charge in [0.1, 0.15) is 0 Å². The van der Waals surface area contributed by atoms with E-state index in [1.165, 1.54) is 12.3 Å². The highest BCUT2D eigenvalue weighted by molar-refractivity contribution is 6.20. The molecule has 5 heteroatoms. The average Bonchev–Trinajstić information content (AvgIpc) is 2.70. The molecule has 4 nitrogen and oxygen atoms in total. The molecule has 2 N–H and O–H groups in total. The van der Waals surface area contributed by atoms with Crippen molar-refractivity contribution in [3.8, 4) is 0 Å². The van der Waals surface area contributed by atoms with Crippen molar-refractivity contribution in [2.75, 3.05) is 5.32 Å². The van der Waals surface area contributed by atoms with E-state index in [1.807, 2.05) is 49.4 Å². The van der Waals surface area contributed by atoms with Crippen molar-refractivity contribution in [2.24, 2.45) is 0 Å². The summed E-state index contributed by atoms with van der Waals surface area (Å²) in [5.41, 5.74) is 4.48. The Bertz CT molecular complexity index is 1130. The van der Waals surface area contributed by atoms with Crippen LogP contribution in [0.5, 0.6) is 0 Å². The Hall–Kier alpha value is -3.60. The fraction of sp³-hybridized carbons (Fsp3) is 0.0455. The monoisotopic (exact) mass is 356 g/mol. The topological polar surface area (TPSA) is 61.7 Å². The number of hydrogen-bond acceptors (Lipinski definition) is 4. The number of para-hydroxylation sites is 1. The van der Waals surface area contributed by atoms with Crippen LogP contribution in [0.1, 0.15) is 16.7 Å². The van der Waals surface area contributed by atoms with Gasteiger partial charge in [0.15, 0.2) is 0 Å². The van der Waals surface area contributed by atoms with E-state index in [2.05, 4.69) is 15.3 Å². The van der Waals surface area contributed by atoms with Gasteiger partial charge in [0.05, 0.1) is 23.3 Å². The smallest absolute Gasteiger partial charge is 0.212 e. The molecule has 4 aromatic rings. The molecule has 0 saturated carbocycles. The zero-order valence-electron chi connectivity index (χ0n) is 14.7. The van der Waals surface area contributed by atoms with Gasteiger partial charge in [-0.05, 0) is 36.1 Å². The normalized spacial score (nSPS) is 10.7. The maximum atomic E-state index is 13.1. The number of rotatable bonds is 4. The van der Waals surface area contributed by atoms with Crippen LogP contribution in [0.3, 0.4) is 0 Å². The zero-order valence-corrected chi connectivity index (χ0v) is 14.7. The Labute approximate surface area is 156 Å². The molecule has 0 amide bonds. The van der Waals surface area contributed by atoms with Crippen molar-refractivity contribution >= 4 is 27.9 Å². The van der Waals surface area contributed by atoms with Crippen molar-refractivity contribution < 1.29 is 4.39 Å². The summed E-state index contributed by atoms with van der Waals surface area (Å²) in [6, 6.07) is 16.5. The van der Waals surface area contributed by atoms with Gasteiger partial charge in [0.2, 0.25) is 5.95 Å². The molecule has 27 heavy (non-hydrogen) atoms. The average molecular weight is 356 g/mol. The first-order chi connectivity index (χ1) is 13.1. The van der Waals surface area contributed by atoms with Crippen LogP contribution in [0.15, 0.2) is 73.2 Å². The third-order valence-electron chi connectivity index (χ3n) is 4.49. The molecule has 0 aliphatic rings. The molecule has 2 aromatic heterocycles. The maximum Gasteiger partial charge on any atom is 0.212 e. The molecule has 2 aromatic carbocycles. The lowest BCUT2D eigenvalue weighted by atomic mass is 9.95. The predicted molar refractivity (Wildman–Crippen MR) is 106 cm³/mol. The molecule has 2 heterocycles. The number of aryl methyl sites for hydroxylation is 1. The molecular formula is C22H17FN4. The van der Waals surface area contributed by atoms with Crippen LogP contribution >= 0.6 is 0 Å². The largest absolute Gasteiger partial charge is 0.353 e. The van der Waals surface area contributed by atoms with Crippen LogP contribution < -0.4 is 5.32 Å². The summed E-state index contributed by atoms with van der Waals surface area (Å²) in [6.45, 7) is 1.98. The van der Waals surface area contributed by atoms with Crippen LogP contribution in [0.4, 0.5) is 15.8 Å². The number of pyridine rings is 2. The fourth-order valence-corrected chi connectivity index (χ4v) is 3.12. The number of fused-ring (bicyclic) bond motifs is 1. The van der Waals surface area contributed by atoms with E-state index in [0.29, 0.717) is 11.4 Å². The molecule has 0 saturated heterocycles. The predicted octanol–water partition coefficient (Wildman–Crippen LogP) is 5.24. The summed E-state index contributed by atoms with van der Waals surface area (Å²) >= 11 is 0. The summed E-state index contributed by atoms with van der Waals surface area (Å²) in [6.07, 6.45) is 4.98. The lowest BCUT2D eigenvalue weighted by Crippen LogP contribution is -2.08. The quantitative estimate of drug-likeness (QED) is 0.388. The number of benzene rings is 2. The van der Waals surface area contributed by atoms with E-state index in [9.17, 15) is 4.39 Å². The van der Waals surface area contributed by atoms with Crippen LogP contribution in [-0.2, 0) is 0 Å². The van der Waals surface area contributed by atoms with Crippen molar-refractivity contribution in [1.29, 1.82) is 5.41 Å². The van der Waals surface area contributed by atoms with Gasteiger partial charge in [-0.1, -0.05) is 36.4 Å². The van der Waals surface area contributed by atoms with Gasteiger partial charge < -0.3 is 5.32 Å². The Morgan fingerprint density at radius 2 is 1.78 bits per heavy atom. The van der Waals surface area contributed by atoms with E-state index in [-0.39, 0.29) is 0 Å². The fourth-order valence-electron chi connectivity index (χ4n) is 3.12. The highest BCUT2D eigenvalue weighted by atomic mass is 19.1. The minimum atomic E-state index is -0.525. The lowest BCUT2D eigenvalue weighted by Gasteiger charge is -2.16. The summed E-state index contributed by atoms with van der Waals surface area (Å²) in [5.74, 6) is -0.525. The van der Waals surface area contributed by atoms with Crippen molar-refractivity contribution in [2.45, 2.75) is 6.92 Å². The molecule has 0 spiro atoms. The van der Waals surface area contributed by atoms with Crippen LogP contribution in [0.25, 0.3) is 10.8 Å².